The van der Waals surface area contributed by atoms with Crippen molar-refractivity contribution in [2.75, 3.05) is 11.9 Å². The maximum Gasteiger partial charge on any atom is 0.142 e. The van der Waals surface area contributed by atoms with Crippen molar-refractivity contribution in [1.29, 1.82) is 0 Å². The van der Waals surface area contributed by atoms with Gasteiger partial charge >= 0.3 is 0 Å². The Morgan fingerprint density at radius 1 is 1.10 bits per heavy atom. The largest absolute Gasteiger partial charge is 0.506 e. The van der Waals surface area contributed by atoms with Crippen molar-refractivity contribution in [3.63, 3.8) is 0 Å². The predicted octanol–water partition coefficient (Wildman–Crippen LogP) is 5.36. The highest BCUT2D eigenvalue weighted by molar-refractivity contribution is 6.35. The molecule has 3 nitrogen and oxygen atoms in total. The van der Waals surface area contributed by atoms with Crippen LogP contribution in [0.2, 0.25) is 15.1 Å². The molecule has 0 bridgehead atoms. The fourth-order valence-corrected chi connectivity index (χ4v) is 2.57. The number of phenolic OH excluding ortho intramolecular Hbond substituents is 1. The lowest BCUT2D eigenvalue weighted by Crippen LogP contribution is -2.03. The summed E-state index contributed by atoms with van der Waals surface area (Å²) in [4.78, 5) is 0. The third-order valence-electron chi connectivity index (χ3n) is 2.82. The quantitative estimate of drug-likeness (QED) is 0.765. The van der Waals surface area contributed by atoms with Gasteiger partial charge in [-0.15, -0.1) is 0 Å². The van der Waals surface area contributed by atoms with Gasteiger partial charge in [0, 0.05) is 22.2 Å². The highest BCUT2D eigenvalue weighted by Crippen LogP contribution is 2.33. The van der Waals surface area contributed by atoms with Crippen molar-refractivity contribution >= 4 is 40.5 Å². The second-order valence-electron chi connectivity index (χ2n) is 4.32. The van der Waals surface area contributed by atoms with E-state index in [9.17, 15) is 5.11 Å². The number of phenols is 1. The first kappa shape index (κ1) is 16.1. The summed E-state index contributed by atoms with van der Waals surface area (Å²) in [5, 5.41) is 14.4. The van der Waals surface area contributed by atoms with Crippen molar-refractivity contribution < 1.29 is 9.84 Å². The second-order valence-corrected chi connectivity index (χ2v) is 5.60. The van der Waals surface area contributed by atoms with Gasteiger partial charge in [-0.25, -0.2) is 0 Å². The summed E-state index contributed by atoms with van der Waals surface area (Å²) in [6.07, 6.45) is 0. The normalized spacial score (nSPS) is 10.5. The van der Waals surface area contributed by atoms with E-state index in [1.54, 1.807) is 24.3 Å². The average molecular weight is 347 g/mol. The molecule has 2 N–H and O–H groups in total. The van der Waals surface area contributed by atoms with E-state index in [4.69, 9.17) is 39.5 Å². The smallest absolute Gasteiger partial charge is 0.142 e. The minimum Gasteiger partial charge on any atom is -0.506 e. The molecule has 0 fully saturated rings. The van der Waals surface area contributed by atoms with Gasteiger partial charge in [-0.05, 0) is 37.3 Å². The lowest BCUT2D eigenvalue weighted by molar-refractivity contribution is 0.341. The molecule has 112 valence electrons. The number of halogens is 3. The van der Waals surface area contributed by atoms with Gasteiger partial charge in [0.25, 0.3) is 0 Å². The summed E-state index contributed by atoms with van der Waals surface area (Å²) in [5.74, 6) is 0.697. The highest BCUT2D eigenvalue weighted by atomic mass is 35.5. The predicted molar refractivity (Wildman–Crippen MR) is 88.1 cm³/mol. The lowest BCUT2D eigenvalue weighted by atomic mass is 10.2. The number of ether oxygens (including phenoxy) is 1. The van der Waals surface area contributed by atoms with E-state index in [0.717, 1.165) is 5.69 Å². The zero-order chi connectivity index (χ0) is 15.4. The number of rotatable bonds is 5. The van der Waals surface area contributed by atoms with E-state index in [1.165, 1.54) is 6.07 Å². The van der Waals surface area contributed by atoms with Crippen LogP contribution in [0.4, 0.5) is 5.69 Å². The Balaban J connectivity index is 2.22. The van der Waals surface area contributed by atoms with Crippen LogP contribution in [0, 0.1) is 0 Å². The molecule has 0 aliphatic rings. The van der Waals surface area contributed by atoms with Crippen molar-refractivity contribution in [3.8, 4) is 11.5 Å². The van der Waals surface area contributed by atoms with E-state index in [-0.39, 0.29) is 10.8 Å². The highest BCUT2D eigenvalue weighted by Gasteiger charge is 2.10. The zero-order valence-corrected chi connectivity index (χ0v) is 13.6. The first-order valence-corrected chi connectivity index (χ1v) is 7.47. The molecule has 2 rings (SSSR count). The fourth-order valence-electron chi connectivity index (χ4n) is 1.87. The first-order chi connectivity index (χ1) is 10.0. The third-order valence-corrected chi connectivity index (χ3v) is 3.56. The Bertz CT molecular complexity index is 647. The third kappa shape index (κ3) is 4.10. The van der Waals surface area contributed by atoms with Gasteiger partial charge in [-0.2, -0.15) is 0 Å². The van der Waals surface area contributed by atoms with Gasteiger partial charge in [-0.1, -0.05) is 34.8 Å². The zero-order valence-electron chi connectivity index (χ0n) is 11.3. The molecule has 0 aromatic heterocycles. The standard InChI is InChI=1S/C15H14Cl3NO2/c1-2-21-14-4-3-10(16)7-13(14)19-8-9-5-11(17)6-12(18)15(9)20/h3-7,19-20H,2,8H2,1H3. The van der Waals surface area contributed by atoms with E-state index in [1.807, 2.05) is 6.92 Å². The summed E-state index contributed by atoms with van der Waals surface area (Å²) in [6, 6.07) is 8.45. The SMILES string of the molecule is CCOc1ccc(Cl)cc1NCc1cc(Cl)cc(Cl)c1O. The second kappa shape index (κ2) is 7.12. The Morgan fingerprint density at radius 3 is 2.57 bits per heavy atom. The molecule has 0 heterocycles. The van der Waals surface area contributed by atoms with Crippen molar-refractivity contribution in [3.05, 3.63) is 51.0 Å². The molecule has 0 spiro atoms. The molecular weight excluding hydrogens is 333 g/mol. The maximum absolute atomic E-state index is 9.94. The Hall–Kier alpha value is -1.29. The molecule has 21 heavy (non-hydrogen) atoms. The molecule has 0 radical (unpaired) electrons. The van der Waals surface area contributed by atoms with Crippen LogP contribution in [0.1, 0.15) is 12.5 Å². The average Bonchev–Trinajstić information content (AvgIpc) is 2.44. The lowest BCUT2D eigenvalue weighted by Gasteiger charge is -2.14. The summed E-state index contributed by atoms with van der Waals surface area (Å²) in [5.41, 5.74) is 1.33. The molecular formula is C15H14Cl3NO2. The summed E-state index contributed by atoms with van der Waals surface area (Å²) >= 11 is 17.8. The Kier molecular flexibility index (Phi) is 5.45. The van der Waals surface area contributed by atoms with Gasteiger partial charge in [-0.3, -0.25) is 0 Å². The molecule has 2 aromatic carbocycles. The minimum atomic E-state index is 0.00792. The molecule has 6 heteroatoms. The van der Waals surface area contributed by atoms with Crippen molar-refractivity contribution in [2.45, 2.75) is 13.5 Å². The van der Waals surface area contributed by atoms with Crippen LogP contribution in [0.5, 0.6) is 11.5 Å². The van der Waals surface area contributed by atoms with Crippen LogP contribution in [-0.4, -0.2) is 11.7 Å². The molecule has 0 amide bonds. The molecule has 0 saturated carbocycles. The van der Waals surface area contributed by atoms with Gasteiger partial charge in [0.2, 0.25) is 0 Å². The maximum atomic E-state index is 9.94. The number of nitrogens with one attached hydrogen (secondary N) is 1. The van der Waals surface area contributed by atoms with Crippen LogP contribution in [0.3, 0.4) is 0 Å². The van der Waals surface area contributed by atoms with E-state index >= 15 is 0 Å². The van der Waals surface area contributed by atoms with Gasteiger partial charge in [0.1, 0.15) is 11.5 Å². The molecule has 0 saturated heterocycles. The van der Waals surface area contributed by atoms with Crippen molar-refractivity contribution in [1.82, 2.24) is 0 Å². The number of hydrogen-bond donors (Lipinski definition) is 2. The van der Waals surface area contributed by atoms with Gasteiger partial charge in [0.15, 0.2) is 0 Å². The Morgan fingerprint density at radius 2 is 1.86 bits per heavy atom. The number of benzene rings is 2. The molecule has 0 unspecified atom stereocenters. The van der Waals surface area contributed by atoms with Crippen molar-refractivity contribution in [2.24, 2.45) is 0 Å². The summed E-state index contributed by atoms with van der Waals surface area (Å²) in [6.45, 7) is 2.79. The molecule has 0 aliphatic carbocycles. The van der Waals surface area contributed by atoms with Crippen LogP contribution >= 0.6 is 34.8 Å². The fraction of sp³-hybridized carbons (Fsp3) is 0.200. The molecule has 2 aromatic rings. The number of anilines is 1. The van der Waals surface area contributed by atoms with Gasteiger partial charge in [0.05, 0.1) is 17.3 Å². The van der Waals surface area contributed by atoms with E-state index < -0.39 is 0 Å². The molecule has 0 atom stereocenters. The summed E-state index contributed by atoms with van der Waals surface area (Å²) in [7, 11) is 0. The van der Waals surface area contributed by atoms with Crippen LogP contribution in [-0.2, 0) is 6.54 Å². The number of aromatic hydroxyl groups is 1. The van der Waals surface area contributed by atoms with E-state index in [0.29, 0.717) is 34.5 Å². The topological polar surface area (TPSA) is 41.5 Å². The van der Waals surface area contributed by atoms with Crippen LogP contribution in [0.15, 0.2) is 30.3 Å². The minimum absolute atomic E-state index is 0.00792. The monoisotopic (exact) mass is 345 g/mol. The van der Waals surface area contributed by atoms with Crippen LogP contribution < -0.4 is 10.1 Å². The number of hydrogen-bond acceptors (Lipinski definition) is 3. The first-order valence-electron chi connectivity index (χ1n) is 6.34. The van der Waals surface area contributed by atoms with Gasteiger partial charge < -0.3 is 15.2 Å². The molecule has 0 aliphatic heterocycles. The van der Waals surface area contributed by atoms with Crippen LogP contribution in [0.25, 0.3) is 0 Å². The summed E-state index contributed by atoms with van der Waals surface area (Å²) < 4.78 is 5.52. The Labute approximate surface area is 138 Å². The van der Waals surface area contributed by atoms with E-state index in [2.05, 4.69) is 5.32 Å².